The van der Waals surface area contributed by atoms with Crippen molar-refractivity contribution in [2.75, 3.05) is 13.1 Å². The van der Waals surface area contributed by atoms with Crippen LogP contribution in [0.15, 0.2) is 57.7 Å². The molecule has 0 spiro atoms. The lowest BCUT2D eigenvalue weighted by Crippen LogP contribution is -2.41. The quantitative estimate of drug-likeness (QED) is 0.684. The van der Waals surface area contributed by atoms with Crippen molar-refractivity contribution in [2.45, 2.75) is 18.9 Å². The Labute approximate surface area is 155 Å². The number of carbonyl (C=O) groups is 1. The number of piperidine rings is 1. The van der Waals surface area contributed by atoms with E-state index in [0.29, 0.717) is 29.6 Å². The fourth-order valence-electron chi connectivity index (χ4n) is 2.98. The first-order valence-corrected chi connectivity index (χ1v) is 8.79. The van der Waals surface area contributed by atoms with Gasteiger partial charge in [-0.3, -0.25) is 4.79 Å². The topological polar surface area (TPSA) is 68.7 Å². The van der Waals surface area contributed by atoms with Gasteiger partial charge in [-0.05, 0) is 30.3 Å². The summed E-state index contributed by atoms with van der Waals surface area (Å²) in [6.45, 7) is 1.21. The lowest BCUT2D eigenvalue weighted by Gasteiger charge is -2.31. The molecule has 0 aliphatic carbocycles. The highest BCUT2D eigenvalue weighted by molar-refractivity contribution is 6.30. The maximum atomic E-state index is 12.6. The van der Waals surface area contributed by atoms with Crippen molar-refractivity contribution in [3.8, 4) is 17.3 Å². The molecule has 0 radical (unpaired) electrons. The summed E-state index contributed by atoms with van der Waals surface area (Å²) in [4.78, 5) is 14.4. The molecule has 1 aliphatic heterocycles. The zero-order valence-corrected chi connectivity index (χ0v) is 14.7. The molecule has 1 saturated heterocycles. The van der Waals surface area contributed by atoms with Gasteiger partial charge in [-0.25, -0.2) is 0 Å². The Hall–Kier alpha value is -2.73. The van der Waals surface area contributed by atoms with Crippen LogP contribution >= 0.6 is 11.6 Å². The third kappa shape index (κ3) is 3.60. The van der Waals surface area contributed by atoms with E-state index < -0.39 is 0 Å². The minimum absolute atomic E-state index is 0.0634. The zero-order valence-electron chi connectivity index (χ0n) is 13.9. The third-order valence-electron chi connectivity index (χ3n) is 4.32. The molecule has 0 bridgehead atoms. The van der Waals surface area contributed by atoms with Crippen LogP contribution in [-0.4, -0.2) is 35.2 Å². The molecule has 3 heterocycles. The highest BCUT2D eigenvalue weighted by Crippen LogP contribution is 2.24. The molecule has 1 aromatic carbocycles. The van der Waals surface area contributed by atoms with Gasteiger partial charge in [-0.2, -0.15) is 0 Å². The van der Waals surface area contributed by atoms with E-state index in [1.54, 1.807) is 35.4 Å². The molecule has 1 amide bonds. The lowest BCUT2D eigenvalue weighted by atomic mass is 10.1. The Balaban J connectivity index is 1.35. The molecule has 2 aromatic heterocycles. The number of likely N-dealkylation sites (tertiary alicyclic amines) is 1. The van der Waals surface area contributed by atoms with Gasteiger partial charge < -0.3 is 18.6 Å². The fourth-order valence-corrected chi connectivity index (χ4v) is 3.16. The van der Waals surface area contributed by atoms with Crippen molar-refractivity contribution in [1.82, 2.24) is 10.1 Å². The summed E-state index contributed by atoms with van der Waals surface area (Å²) >= 11 is 5.98. The smallest absolute Gasteiger partial charge is 0.276 e. The number of hydrogen-bond donors (Lipinski definition) is 0. The van der Waals surface area contributed by atoms with E-state index in [2.05, 4.69) is 5.16 Å². The average Bonchev–Trinajstić information content (AvgIpc) is 3.33. The molecule has 6 nitrogen and oxygen atoms in total. The average molecular weight is 373 g/mol. The van der Waals surface area contributed by atoms with E-state index in [-0.39, 0.29) is 17.7 Å². The summed E-state index contributed by atoms with van der Waals surface area (Å²) < 4.78 is 16.4. The predicted molar refractivity (Wildman–Crippen MR) is 95.2 cm³/mol. The molecule has 134 valence electrons. The number of rotatable bonds is 4. The van der Waals surface area contributed by atoms with Crippen molar-refractivity contribution in [3.05, 3.63) is 59.4 Å². The number of hydrogen-bond acceptors (Lipinski definition) is 5. The molecule has 0 saturated carbocycles. The van der Waals surface area contributed by atoms with Crippen molar-refractivity contribution >= 4 is 17.5 Å². The molecule has 26 heavy (non-hydrogen) atoms. The van der Waals surface area contributed by atoms with E-state index in [1.165, 1.54) is 0 Å². The Morgan fingerprint density at radius 2 is 2.00 bits per heavy atom. The van der Waals surface area contributed by atoms with Crippen LogP contribution in [0.25, 0.3) is 11.5 Å². The van der Waals surface area contributed by atoms with Gasteiger partial charge in [0.15, 0.2) is 11.5 Å². The van der Waals surface area contributed by atoms with Crippen LogP contribution in [0.1, 0.15) is 23.3 Å². The van der Waals surface area contributed by atoms with Crippen molar-refractivity contribution in [2.24, 2.45) is 0 Å². The summed E-state index contributed by atoms with van der Waals surface area (Å²) in [5.41, 5.74) is 0.283. The molecule has 3 aromatic rings. The van der Waals surface area contributed by atoms with Gasteiger partial charge in [0.1, 0.15) is 11.9 Å². The van der Waals surface area contributed by atoms with Crippen molar-refractivity contribution in [1.29, 1.82) is 0 Å². The molecule has 0 unspecified atom stereocenters. The third-order valence-corrected chi connectivity index (χ3v) is 4.56. The van der Waals surface area contributed by atoms with Crippen LogP contribution in [0.4, 0.5) is 0 Å². The van der Waals surface area contributed by atoms with Crippen LogP contribution < -0.4 is 4.74 Å². The normalized spacial score (nSPS) is 15.2. The number of ether oxygens (including phenoxy) is 1. The second kappa shape index (κ2) is 7.25. The fraction of sp³-hybridized carbons (Fsp3) is 0.263. The molecule has 1 aliphatic rings. The summed E-state index contributed by atoms with van der Waals surface area (Å²) in [5.74, 6) is 1.59. The van der Waals surface area contributed by atoms with Gasteiger partial charge in [0.05, 0.1) is 6.26 Å². The largest absolute Gasteiger partial charge is 0.490 e. The SMILES string of the molecule is O=C(c1cc(-c2ccco2)on1)N1CCC(Oc2cccc(Cl)c2)CC1. The second-order valence-electron chi connectivity index (χ2n) is 6.12. The highest BCUT2D eigenvalue weighted by atomic mass is 35.5. The van der Waals surface area contributed by atoms with E-state index in [1.807, 2.05) is 18.2 Å². The molecular formula is C19H17ClN2O4. The van der Waals surface area contributed by atoms with Gasteiger partial charge in [-0.15, -0.1) is 0 Å². The number of amides is 1. The second-order valence-corrected chi connectivity index (χ2v) is 6.56. The first-order chi connectivity index (χ1) is 12.7. The summed E-state index contributed by atoms with van der Waals surface area (Å²) in [6, 6.07) is 12.5. The van der Waals surface area contributed by atoms with E-state index in [9.17, 15) is 4.79 Å². The molecule has 0 N–H and O–H groups in total. The maximum absolute atomic E-state index is 12.6. The number of furan rings is 1. The van der Waals surface area contributed by atoms with Gasteiger partial charge in [0.25, 0.3) is 5.91 Å². The first kappa shape index (κ1) is 16.7. The van der Waals surface area contributed by atoms with Crippen LogP contribution in [0, 0.1) is 0 Å². The highest BCUT2D eigenvalue weighted by Gasteiger charge is 2.27. The number of halogens is 1. The van der Waals surface area contributed by atoms with E-state index >= 15 is 0 Å². The summed E-state index contributed by atoms with van der Waals surface area (Å²) in [7, 11) is 0. The first-order valence-electron chi connectivity index (χ1n) is 8.41. The van der Waals surface area contributed by atoms with Crippen LogP contribution in [0.2, 0.25) is 5.02 Å². The van der Waals surface area contributed by atoms with Gasteiger partial charge in [-0.1, -0.05) is 22.8 Å². The monoisotopic (exact) mass is 372 g/mol. The standard InChI is InChI=1S/C19H17ClN2O4/c20-13-3-1-4-15(11-13)25-14-6-8-22(9-7-14)19(23)16-12-18(26-21-16)17-5-2-10-24-17/h1-5,10-12,14H,6-9H2. The van der Waals surface area contributed by atoms with Gasteiger partial charge >= 0.3 is 0 Å². The Bertz CT molecular complexity index is 883. The van der Waals surface area contributed by atoms with Crippen LogP contribution in [0.5, 0.6) is 5.75 Å². The Kier molecular flexibility index (Phi) is 4.67. The molecular weight excluding hydrogens is 356 g/mol. The minimum atomic E-state index is -0.146. The Morgan fingerprint density at radius 3 is 2.73 bits per heavy atom. The van der Waals surface area contributed by atoms with Crippen LogP contribution in [-0.2, 0) is 0 Å². The molecule has 0 atom stereocenters. The van der Waals surface area contributed by atoms with Crippen LogP contribution in [0.3, 0.4) is 0 Å². The minimum Gasteiger partial charge on any atom is -0.490 e. The van der Waals surface area contributed by atoms with Gasteiger partial charge in [0, 0.05) is 37.0 Å². The predicted octanol–water partition coefficient (Wildman–Crippen LogP) is 4.27. The molecule has 4 rings (SSSR count). The molecule has 7 heteroatoms. The summed E-state index contributed by atoms with van der Waals surface area (Å²) in [6.07, 6.45) is 3.11. The zero-order chi connectivity index (χ0) is 17.9. The number of carbonyl (C=O) groups excluding carboxylic acids is 1. The van der Waals surface area contributed by atoms with Crippen molar-refractivity contribution in [3.63, 3.8) is 0 Å². The summed E-state index contributed by atoms with van der Waals surface area (Å²) in [5, 5.41) is 4.52. The van der Waals surface area contributed by atoms with E-state index in [0.717, 1.165) is 18.6 Å². The number of benzene rings is 1. The van der Waals surface area contributed by atoms with E-state index in [4.69, 9.17) is 25.3 Å². The number of nitrogens with zero attached hydrogens (tertiary/aromatic N) is 2. The van der Waals surface area contributed by atoms with Gasteiger partial charge in [0.2, 0.25) is 5.76 Å². The number of aromatic nitrogens is 1. The Morgan fingerprint density at radius 1 is 1.15 bits per heavy atom. The van der Waals surface area contributed by atoms with Crippen molar-refractivity contribution < 1.29 is 18.5 Å². The molecule has 1 fully saturated rings. The lowest BCUT2D eigenvalue weighted by molar-refractivity contribution is 0.0586. The maximum Gasteiger partial charge on any atom is 0.276 e.